The van der Waals surface area contributed by atoms with Crippen LogP contribution in [0.2, 0.25) is 5.15 Å². The molecule has 1 aliphatic carbocycles. The van der Waals surface area contributed by atoms with E-state index in [-0.39, 0.29) is 5.91 Å². The van der Waals surface area contributed by atoms with Crippen LogP contribution in [0.3, 0.4) is 0 Å². The summed E-state index contributed by atoms with van der Waals surface area (Å²) in [6.45, 7) is 2.92. The molecular formula is C17H23ClN2O. The van der Waals surface area contributed by atoms with Gasteiger partial charge in [0.15, 0.2) is 0 Å². The van der Waals surface area contributed by atoms with Gasteiger partial charge in [0.2, 0.25) is 0 Å². The summed E-state index contributed by atoms with van der Waals surface area (Å²) in [7, 11) is 0. The van der Waals surface area contributed by atoms with E-state index in [1.165, 1.54) is 25.7 Å². The zero-order valence-electron chi connectivity index (χ0n) is 12.6. The second-order valence-electron chi connectivity index (χ2n) is 6.28. The Kier molecular flexibility index (Phi) is 4.48. The molecule has 0 radical (unpaired) electrons. The van der Waals surface area contributed by atoms with Crippen LogP contribution in [0.25, 0.3) is 0 Å². The predicted octanol–water partition coefficient (Wildman–Crippen LogP) is 4.09. The van der Waals surface area contributed by atoms with Crippen molar-refractivity contribution in [3.63, 3.8) is 0 Å². The van der Waals surface area contributed by atoms with Crippen LogP contribution in [0, 0.1) is 5.92 Å². The van der Waals surface area contributed by atoms with E-state index in [2.05, 4.69) is 9.88 Å². The lowest BCUT2D eigenvalue weighted by Gasteiger charge is -2.44. The fourth-order valence-corrected chi connectivity index (χ4v) is 4.12. The second kappa shape index (κ2) is 6.35. The molecule has 114 valence electrons. The molecule has 0 bridgehead atoms. The summed E-state index contributed by atoms with van der Waals surface area (Å²) in [4.78, 5) is 19.3. The average Bonchev–Trinajstić information content (AvgIpc) is 2.53. The molecule has 3 rings (SSSR count). The van der Waals surface area contributed by atoms with Crippen molar-refractivity contribution in [3.05, 3.63) is 28.5 Å². The van der Waals surface area contributed by atoms with Crippen LogP contribution in [0.1, 0.15) is 61.5 Å². The summed E-state index contributed by atoms with van der Waals surface area (Å²) in [6.07, 6.45) is 8.24. The summed E-state index contributed by atoms with van der Waals surface area (Å²) in [5.41, 5.74) is 1.60. The summed E-state index contributed by atoms with van der Waals surface area (Å²) >= 11 is 6.07. The van der Waals surface area contributed by atoms with Gasteiger partial charge in [-0.25, -0.2) is 4.98 Å². The zero-order valence-corrected chi connectivity index (χ0v) is 13.4. The number of likely N-dealkylation sites (tertiary alicyclic amines) is 1. The minimum Gasteiger partial charge on any atom is -0.335 e. The molecule has 1 aromatic heterocycles. The predicted molar refractivity (Wildman–Crippen MR) is 84.6 cm³/mol. The zero-order chi connectivity index (χ0) is 14.8. The number of carbonyl (C=O) groups is 1. The van der Waals surface area contributed by atoms with Gasteiger partial charge in [-0.2, -0.15) is 0 Å². The number of piperidine rings is 1. The van der Waals surface area contributed by atoms with E-state index in [9.17, 15) is 4.79 Å². The van der Waals surface area contributed by atoms with Crippen molar-refractivity contribution in [2.45, 2.75) is 57.9 Å². The molecule has 1 aliphatic heterocycles. The Hall–Kier alpha value is -1.09. The molecule has 2 fully saturated rings. The fraction of sp³-hybridized carbons (Fsp3) is 0.647. The first-order chi connectivity index (χ1) is 10.2. The molecule has 2 aliphatic rings. The van der Waals surface area contributed by atoms with Crippen molar-refractivity contribution >= 4 is 17.5 Å². The number of carbonyl (C=O) groups excluding carboxylic acids is 1. The Bertz CT molecular complexity index is 530. The first-order valence-electron chi connectivity index (χ1n) is 8.16. The van der Waals surface area contributed by atoms with E-state index >= 15 is 0 Å². The maximum atomic E-state index is 12.9. The number of fused-ring (bicyclic) bond motifs is 1. The van der Waals surface area contributed by atoms with Gasteiger partial charge in [0.1, 0.15) is 5.15 Å². The van der Waals surface area contributed by atoms with Crippen molar-refractivity contribution in [1.29, 1.82) is 0 Å². The third kappa shape index (κ3) is 3.08. The molecule has 0 spiro atoms. The van der Waals surface area contributed by atoms with E-state index in [1.807, 2.05) is 13.0 Å². The van der Waals surface area contributed by atoms with Crippen molar-refractivity contribution < 1.29 is 4.79 Å². The van der Waals surface area contributed by atoms with Crippen molar-refractivity contribution in [2.24, 2.45) is 5.92 Å². The number of hydrogen-bond acceptors (Lipinski definition) is 2. The minimum atomic E-state index is 0.144. The molecule has 1 saturated heterocycles. The molecule has 4 heteroatoms. The van der Waals surface area contributed by atoms with E-state index in [4.69, 9.17) is 11.6 Å². The number of rotatable bonds is 2. The van der Waals surface area contributed by atoms with Crippen LogP contribution in [-0.2, 0) is 6.42 Å². The van der Waals surface area contributed by atoms with Crippen LogP contribution in [0.15, 0.2) is 12.1 Å². The van der Waals surface area contributed by atoms with Crippen molar-refractivity contribution in [3.8, 4) is 0 Å². The molecule has 21 heavy (non-hydrogen) atoms. The van der Waals surface area contributed by atoms with Crippen molar-refractivity contribution in [2.75, 3.05) is 6.54 Å². The van der Waals surface area contributed by atoms with Crippen LogP contribution >= 0.6 is 11.6 Å². The third-order valence-corrected chi connectivity index (χ3v) is 5.15. The third-order valence-electron chi connectivity index (χ3n) is 4.96. The second-order valence-corrected chi connectivity index (χ2v) is 6.66. The van der Waals surface area contributed by atoms with Gasteiger partial charge in [0, 0.05) is 23.8 Å². The average molecular weight is 307 g/mol. The van der Waals surface area contributed by atoms with Crippen LogP contribution in [0.4, 0.5) is 0 Å². The van der Waals surface area contributed by atoms with E-state index < -0.39 is 0 Å². The standard InChI is InChI=1S/C17H23ClN2O/c1-2-14-10-13(11-16(18)19-14)17(21)20-9-5-7-12-6-3-4-8-15(12)20/h10-12,15H,2-9H2,1H3. The lowest BCUT2D eigenvalue weighted by Crippen LogP contribution is -2.49. The molecular weight excluding hydrogens is 284 g/mol. The molecule has 1 saturated carbocycles. The summed E-state index contributed by atoms with van der Waals surface area (Å²) in [5.74, 6) is 0.852. The molecule has 3 nitrogen and oxygen atoms in total. The molecule has 0 N–H and O–H groups in total. The molecule has 2 unspecified atom stereocenters. The smallest absolute Gasteiger partial charge is 0.254 e. The van der Waals surface area contributed by atoms with Gasteiger partial charge in [-0.3, -0.25) is 4.79 Å². The van der Waals surface area contributed by atoms with E-state index in [0.29, 0.717) is 22.7 Å². The highest BCUT2D eigenvalue weighted by molar-refractivity contribution is 6.29. The lowest BCUT2D eigenvalue weighted by molar-refractivity contribution is 0.0390. The maximum absolute atomic E-state index is 12.9. The van der Waals surface area contributed by atoms with Gasteiger partial charge in [-0.15, -0.1) is 0 Å². The topological polar surface area (TPSA) is 33.2 Å². The van der Waals surface area contributed by atoms with Gasteiger partial charge in [0.05, 0.1) is 0 Å². The summed E-state index contributed by atoms with van der Waals surface area (Å²) in [6, 6.07) is 4.06. The number of amides is 1. The van der Waals surface area contributed by atoms with Gasteiger partial charge in [-0.1, -0.05) is 31.4 Å². The van der Waals surface area contributed by atoms with E-state index in [1.54, 1.807) is 6.07 Å². The maximum Gasteiger partial charge on any atom is 0.254 e. The van der Waals surface area contributed by atoms with Crippen LogP contribution in [-0.4, -0.2) is 28.4 Å². The van der Waals surface area contributed by atoms with Crippen LogP contribution in [0.5, 0.6) is 0 Å². The number of hydrogen-bond donors (Lipinski definition) is 0. The van der Waals surface area contributed by atoms with Gasteiger partial charge in [0.25, 0.3) is 5.91 Å². The van der Waals surface area contributed by atoms with E-state index in [0.717, 1.165) is 31.5 Å². The van der Waals surface area contributed by atoms with Gasteiger partial charge < -0.3 is 4.90 Å². The molecule has 1 amide bonds. The molecule has 2 heterocycles. The molecule has 1 aromatic rings. The Labute approximate surface area is 131 Å². The first kappa shape index (κ1) is 14.8. The summed E-state index contributed by atoms with van der Waals surface area (Å²) < 4.78 is 0. The van der Waals surface area contributed by atoms with Crippen LogP contribution < -0.4 is 0 Å². The highest BCUT2D eigenvalue weighted by Crippen LogP contribution is 2.36. The van der Waals surface area contributed by atoms with Crippen molar-refractivity contribution in [1.82, 2.24) is 9.88 Å². The highest BCUT2D eigenvalue weighted by atomic mass is 35.5. The largest absolute Gasteiger partial charge is 0.335 e. The Morgan fingerprint density at radius 3 is 2.86 bits per heavy atom. The fourth-order valence-electron chi connectivity index (χ4n) is 3.90. The number of aromatic nitrogens is 1. The Morgan fingerprint density at radius 1 is 1.29 bits per heavy atom. The number of pyridine rings is 1. The number of halogens is 1. The summed E-state index contributed by atoms with van der Waals surface area (Å²) in [5, 5.41) is 0.426. The highest BCUT2D eigenvalue weighted by Gasteiger charge is 2.36. The number of aryl methyl sites for hydroxylation is 1. The monoisotopic (exact) mass is 306 g/mol. The number of nitrogens with zero attached hydrogens (tertiary/aromatic N) is 2. The SMILES string of the molecule is CCc1cc(C(=O)N2CCCC3CCCCC32)cc(Cl)n1. The molecule has 0 aromatic carbocycles. The quantitative estimate of drug-likeness (QED) is 0.771. The molecule has 2 atom stereocenters. The van der Waals surface area contributed by atoms with Gasteiger partial charge in [-0.05, 0) is 50.2 Å². The minimum absolute atomic E-state index is 0.144. The lowest BCUT2D eigenvalue weighted by atomic mass is 9.78. The Morgan fingerprint density at radius 2 is 2.05 bits per heavy atom. The normalized spacial score (nSPS) is 25.5. The first-order valence-corrected chi connectivity index (χ1v) is 8.54. The Balaban J connectivity index is 1.85. The van der Waals surface area contributed by atoms with Gasteiger partial charge >= 0.3 is 0 Å².